The van der Waals surface area contributed by atoms with Crippen molar-refractivity contribution in [3.63, 3.8) is 0 Å². The summed E-state index contributed by atoms with van der Waals surface area (Å²) in [7, 11) is 0. The molecule has 0 aliphatic heterocycles. The SMILES string of the molecule is NCc1cc(C(F)F)cc(=O)[nH]1. The summed E-state index contributed by atoms with van der Waals surface area (Å²) in [6.07, 6.45) is -2.63. The van der Waals surface area contributed by atoms with Crippen molar-refractivity contribution in [3.05, 3.63) is 33.7 Å². The Labute approximate surface area is 67.2 Å². The van der Waals surface area contributed by atoms with Gasteiger partial charge < -0.3 is 10.7 Å². The van der Waals surface area contributed by atoms with Gasteiger partial charge in [0.25, 0.3) is 6.43 Å². The predicted octanol–water partition coefficient (Wildman–Crippen LogP) is 0.771. The fourth-order valence-corrected chi connectivity index (χ4v) is 0.861. The lowest BCUT2D eigenvalue weighted by Gasteiger charge is -2.00. The fraction of sp³-hybridized carbons (Fsp3) is 0.286. The van der Waals surface area contributed by atoms with Crippen LogP contribution in [0.25, 0.3) is 0 Å². The second-order valence-electron chi connectivity index (χ2n) is 2.31. The molecule has 0 atom stereocenters. The third kappa shape index (κ3) is 1.88. The van der Waals surface area contributed by atoms with Crippen molar-refractivity contribution in [1.82, 2.24) is 4.98 Å². The second kappa shape index (κ2) is 3.44. The van der Waals surface area contributed by atoms with E-state index in [2.05, 4.69) is 4.98 Å². The summed E-state index contributed by atoms with van der Waals surface area (Å²) in [5, 5.41) is 0. The molecule has 1 rings (SSSR count). The normalized spacial score (nSPS) is 10.7. The maximum Gasteiger partial charge on any atom is 0.264 e. The van der Waals surface area contributed by atoms with E-state index in [-0.39, 0.29) is 12.1 Å². The highest BCUT2D eigenvalue weighted by atomic mass is 19.3. The minimum atomic E-state index is -2.63. The van der Waals surface area contributed by atoms with E-state index in [4.69, 9.17) is 5.73 Å². The van der Waals surface area contributed by atoms with E-state index >= 15 is 0 Å². The minimum Gasteiger partial charge on any atom is -0.325 e. The van der Waals surface area contributed by atoms with Crippen LogP contribution in [0.3, 0.4) is 0 Å². The first-order valence-electron chi connectivity index (χ1n) is 3.35. The van der Waals surface area contributed by atoms with Crippen LogP contribution in [0.2, 0.25) is 0 Å². The lowest BCUT2D eigenvalue weighted by atomic mass is 10.2. The van der Waals surface area contributed by atoms with Gasteiger partial charge in [0.2, 0.25) is 5.56 Å². The van der Waals surface area contributed by atoms with Gasteiger partial charge in [-0.1, -0.05) is 0 Å². The monoisotopic (exact) mass is 174 g/mol. The number of alkyl halides is 2. The standard InChI is InChI=1S/C7H8F2N2O/c8-7(9)4-1-5(3-10)11-6(12)2-4/h1-2,7H,3,10H2,(H,11,12). The predicted molar refractivity (Wildman–Crippen MR) is 39.9 cm³/mol. The molecule has 0 saturated heterocycles. The molecule has 12 heavy (non-hydrogen) atoms. The van der Waals surface area contributed by atoms with E-state index in [9.17, 15) is 13.6 Å². The summed E-state index contributed by atoms with van der Waals surface area (Å²) >= 11 is 0. The Hall–Kier alpha value is -1.23. The number of H-pyrrole nitrogens is 1. The van der Waals surface area contributed by atoms with Crippen LogP contribution in [0.1, 0.15) is 17.7 Å². The topological polar surface area (TPSA) is 58.9 Å². The van der Waals surface area contributed by atoms with Crippen LogP contribution in [0.15, 0.2) is 16.9 Å². The highest BCUT2D eigenvalue weighted by Crippen LogP contribution is 2.16. The highest BCUT2D eigenvalue weighted by Gasteiger charge is 2.08. The van der Waals surface area contributed by atoms with E-state index in [0.29, 0.717) is 5.69 Å². The molecule has 3 N–H and O–H groups in total. The molecular formula is C7H8F2N2O. The summed E-state index contributed by atoms with van der Waals surface area (Å²) in [6, 6.07) is 2.05. The molecule has 1 heterocycles. The molecule has 0 aromatic carbocycles. The Kier molecular flexibility index (Phi) is 2.54. The summed E-state index contributed by atoms with van der Waals surface area (Å²) in [6.45, 7) is 0.0514. The number of aromatic amines is 1. The Morgan fingerprint density at radius 2 is 2.17 bits per heavy atom. The van der Waals surface area contributed by atoms with Gasteiger partial charge in [-0.05, 0) is 6.07 Å². The molecule has 0 aliphatic carbocycles. The number of nitrogens with two attached hydrogens (primary N) is 1. The van der Waals surface area contributed by atoms with Gasteiger partial charge in [-0.25, -0.2) is 8.78 Å². The molecule has 1 aromatic heterocycles. The molecule has 5 heteroatoms. The largest absolute Gasteiger partial charge is 0.325 e. The van der Waals surface area contributed by atoms with Gasteiger partial charge in [0, 0.05) is 23.9 Å². The lowest BCUT2D eigenvalue weighted by molar-refractivity contribution is 0.151. The molecule has 0 saturated carbocycles. The average molecular weight is 174 g/mol. The number of rotatable bonds is 2. The van der Waals surface area contributed by atoms with Crippen molar-refractivity contribution >= 4 is 0 Å². The number of pyridine rings is 1. The smallest absolute Gasteiger partial charge is 0.264 e. The lowest BCUT2D eigenvalue weighted by Crippen LogP contribution is -2.12. The third-order valence-corrected chi connectivity index (χ3v) is 1.39. The van der Waals surface area contributed by atoms with Crippen LogP contribution in [-0.2, 0) is 6.54 Å². The van der Waals surface area contributed by atoms with Crippen LogP contribution >= 0.6 is 0 Å². The molecule has 0 bridgehead atoms. The highest BCUT2D eigenvalue weighted by molar-refractivity contribution is 5.17. The third-order valence-electron chi connectivity index (χ3n) is 1.39. The van der Waals surface area contributed by atoms with Crippen LogP contribution < -0.4 is 11.3 Å². The molecular weight excluding hydrogens is 166 g/mol. The van der Waals surface area contributed by atoms with Gasteiger partial charge in [-0.2, -0.15) is 0 Å². The molecule has 0 radical (unpaired) electrons. The summed E-state index contributed by atoms with van der Waals surface area (Å²) < 4.78 is 24.1. The van der Waals surface area contributed by atoms with E-state index in [0.717, 1.165) is 6.07 Å². The summed E-state index contributed by atoms with van der Waals surface area (Å²) in [4.78, 5) is 13.1. The molecule has 1 aromatic rings. The Bertz CT molecular complexity index is 321. The zero-order chi connectivity index (χ0) is 9.14. The van der Waals surface area contributed by atoms with Gasteiger partial charge in [0.05, 0.1) is 0 Å². The van der Waals surface area contributed by atoms with Crippen molar-refractivity contribution in [1.29, 1.82) is 0 Å². The molecule has 0 fully saturated rings. The van der Waals surface area contributed by atoms with Gasteiger partial charge in [-0.3, -0.25) is 4.79 Å². The minimum absolute atomic E-state index is 0.0514. The van der Waals surface area contributed by atoms with Crippen molar-refractivity contribution in [2.24, 2.45) is 5.73 Å². The van der Waals surface area contributed by atoms with Gasteiger partial charge in [0.1, 0.15) is 0 Å². The van der Waals surface area contributed by atoms with E-state index < -0.39 is 12.0 Å². The molecule has 0 amide bonds. The van der Waals surface area contributed by atoms with Crippen molar-refractivity contribution in [3.8, 4) is 0 Å². The van der Waals surface area contributed by atoms with Crippen LogP contribution in [0, 0.1) is 0 Å². The summed E-state index contributed by atoms with van der Waals surface area (Å²) in [5.41, 5.74) is 4.65. The number of halogens is 2. The molecule has 0 unspecified atom stereocenters. The number of hydrogen-bond donors (Lipinski definition) is 2. The number of aromatic nitrogens is 1. The van der Waals surface area contributed by atoms with Crippen molar-refractivity contribution in [2.75, 3.05) is 0 Å². The Morgan fingerprint density at radius 1 is 1.50 bits per heavy atom. The maximum absolute atomic E-state index is 12.1. The molecule has 0 aliphatic rings. The zero-order valence-electron chi connectivity index (χ0n) is 6.18. The first-order chi connectivity index (χ1) is 5.63. The van der Waals surface area contributed by atoms with E-state index in [1.807, 2.05) is 0 Å². The van der Waals surface area contributed by atoms with E-state index in [1.54, 1.807) is 0 Å². The van der Waals surface area contributed by atoms with Crippen LogP contribution in [0.5, 0.6) is 0 Å². The number of nitrogens with one attached hydrogen (secondary N) is 1. The molecule has 66 valence electrons. The van der Waals surface area contributed by atoms with Crippen molar-refractivity contribution in [2.45, 2.75) is 13.0 Å². The second-order valence-corrected chi connectivity index (χ2v) is 2.31. The fourth-order valence-electron chi connectivity index (χ4n) is 0.861. The van der Waals surface area contributed by atoms with Gasteiger partial charge in [-0.15, -0.1) is 0 Å². The van der Waals surface area contributed by atoms with Crippen LogP contribution in [0.4, 0.5) is 8.78 Å². The number of hydrogen-bond acceptors (Lipinski definition) is 2. The quantitative estimate of drug-likeness (QED) is 0.695. The molecule has 0 spiro atoms. The zero-order valence-corrected chi connectivity index (χ0v) is 6.18. The van der Waals surface area contributed by atoms with Gasteiger partial charge in [0.15, 0.2) is 0 Å². The Morgan fingerprint density at radius 3 is 2.67 bits per heavy atom. The first-order valence-corrected chi connectivity index (χ1v) is 3.35. The van der Waals surface area contributed by atoms with E-state index in [1.165, 1.54) is 6.07 Å². The molecule has 3 nitrogen and oxygen atoms in total. The van der Waals surface area contributed by atoms with Gasteiger partial charge >= 0.3 is 0 Å². The summed E-state index contributed by atoms with van der Waals surface area (Å²) in [5.74, 6) is 0. The maximum atomic E-state index is 12.1. The van der Waals surface area contributed by atoms with Crippen molar-refractivity contribution < 1.29 is 8.78 Å². The Balaban J connectivity index is 3.15. The average Bonchev–Trinajstić information content (AvgIpc) is 2.03. The first kappa shape index (κ1) is 8.86. The van der Waals surface area contributed by atoms with Crippen LogP contribution in [-0.4, -0.2) is 4.98 Å².